The Bertz CT molecular complexity index is 508. The first kappa shape index (κ1) is 13.8. The van der Waals surface area contributed by atoms with Crippen LogP contribution in [0.4, 0.5) is 5.82 Å². The number of rotatable bonds is 5. The second-order valence-electron chi connectivity index (χ2n) is 5.81. The van der Waals surface area contributed by atoms with E-state index in [0.29, 0.717) is 28.4 Å². The summed E-state index contributed by atoms with van der Waals surface area (Å²) in [5.41, 5.74) is 1.88. The highest BCUT2D eigenvalue weighted by Crippen LogP contribution is 2.51. The van der Waals surface area contributed by atoms with Gasteiger partial charge in [-0.05, 0) is 43.6 Å². The summed E-state index contributed by atoms with van der Waals surface area (Å²) in [5, 5.41) is 20.5. The highest BCUT2D eigenvalue weighted by molar-refractivity contribution is 5.94. The van der Waals surface area contributed by atoms with Crippen molar-refractivity contribution in [3.05, 3.63) is 16.8 Å². The summed E-state index contributed by atoms with van der Waals surface area (Å²) in [6, 6.07) is 0. The highest BCUT2D eigenvalue weighted by Gasteiger charge is 2.45. The Balaban J connectivity index is 2.21. The van der Waals surface area contributed by atoms with Crippen LogP contribution >= 0.6 is 0 Å². The molecule has 5 heteroatoms. The van der Waals surface area contributed by atoms with Crippen LogP contribution in [0.5, 0.6) is 0 Å². The SMILES string of the molecule is Cc1nnc(NCC2(C(C)C)CC2)c(C(=O)O)c1C. The van der Waals surface area contributed by atoms with Gasteiger partial charge in [-0.1, -0.05) is 13.8 Å². The van der Waals surface area contributed by atoms with Crippen molar-refractivity contribution in [3.8, 4) is 0 Å². The molecule has 1 aromatic rings. The lowest BCUT2D eigenvalue weighted by atomic mass is 9.92. The van der Waals surface area contributed by atoms with Crippen molar-refractivity contribution >= 4 is 11.8 Å². The maximum absolute atomic E-state index is 11.4. The number of aromatic carboxylic acids is 1. The van der Waals surface area contributed by atoms with E-state index in [1.807, 2.05) is 0 Å². The fourth-order valence-corrected chi connectivity index (χ4v) is 2.37. The molecule has 2 N–H and O–H groups in total. The molecule has 1 aromatic heterocycles. The lowest BCUT2D eigenvalue weighted by molar-refractivity contribution is 0.0696. The summed E-state index contributed by atoms with van der Waals surface area (Å²) in [6.45, 7) is 8.73. The third-order valence-electron chi connectivity index (χ3n) is 4.39. The minimum absolute atomic E-state index is 0.243. The summed E-state index contributed by atoms with van der Waals surface area (Å²) in [5.74, 6) is 0.0303. The van der Waals surface area contributed by atoms with Crippen LogP contribution in [0.1, 0.15) is 48.3 Å². The van der Waals surface area contributed by atoms with Gasteiger partial charge in [0, 0.05) is 6.54 Å². The van der Waals surface area contributed by atoms with E-state index in [1.165, 1.54) is 12.8 Å². The zero-order chi connectivity index (χ0) is 14.2. The molecule has 1 heterocycles. The van der Waals surface area contributed by atoms with Gasteiger partial charge in [-0.15, -0.1) is 5.10 Å². The van der Waals surface area contributed by atoms with Crippen molar-refractivity contribution in [1.82, 2.24) is 10.2 Å². The molecule has 2 rings (SSSR count). The summed E-state index contributed by atoms with van der Waals surface area (Å²) in [4.78, 5) is 11.4. The Kier molecular flexibility index (Phi) is 3.47. The number of nitrogens with zero attached hydrogens (tertiary/aromatic N) is 2. The van der Waals surface area contributed by atoms with Crippen molar-refractivity contribution in [1.29, 1.82) is 0 Å². The van der Waals surface area contributed by atoms with Crippen molar-refractivity contribution in [2.75, 3.05) is 11.9 Å². The van der Waals surface area contributed by atoms with Gasteiger partial charge in [0.2, 0.25) is 0 Å². The van der Waals surface area contributed by atoms with Crippen LogP contribution in [0.25, 0.3) is 0 Å². The maximum Gasteiger partial charge on any atom is 0.339 e. The molecular formula is C14H21N3O2. The van der Waals surface area contributed by atoms with Gasteiger partial charge >= 0.3 is 5.97 Å². The number of carboxylic acid groups (broad SMARTS) is 1. The van der Waals surface area contributed by atoms with Gasteiger partial charge in [0.25, 0.3) is 0 Å². The summed E-state index contributed by atoms with van der Waals surface area (Å²) >= 11 is 0. The number of aromatic nitrogens is 2. The number of carbonyl (C=O) groups is 1. The molecule has 0 aromatic carbocycles. The molecule has 0 spiro atoms. The molecule has 0 radical (unpaired) electrons. The van der Waals surface area contributed by atoms with Crippen LogP contribution in [0.15, 0.2) is 0 Å². The van der Waals surface area contributed by atoms with E-state index in [4.69, 9.17) is 0 Å². The van der Waals surface area contributed by atoms with Crippen LogP contribution in [-0.4, -0.2) is 27.8 Å². The lowest BCUT2D eigenvalue weighted by Crippen LogP contribution is -2.23. The molecule has 1 aliphatic rings. The quantitative estimate of drug-likeness (QED) is 0.854. The molecule has 1 aliphatic carbocycles. The number of carboxylic acids is 1. The molecule has 0 unspecified atom stereocenters. The zero-order valence-electron chi connectivity index (χ0n) is 11.9. The van der Waals surface area contributed by atoms with Gasteiger partial charge in [0.15, 0.2) is 5.82 Å². The van der Waals surface area contributed by atoms with Gasteiger partial charge in [0.05, 0.1) is 5.69 Å². The fourth-order valence-electron chi connectivity index (χ4n) is 2.37. The average molecular weight is 263 g/mol. The summed E-state index contributed by atoms with van der Waals surface area (Å²) < 4.78 is 0. The van der Waals surface area contributed by atoms with E-state index < -0.39 is 5.97 Å². The van der Waals surface area contributed by atoms with Crippen LogP contribution in [0.2, 0.25) is 0 Å². The van der Waals surface area contributed by atoms with E-state index >= 15 is 0 Å². The zero-order valence-corrected chi connectivity index (χ0v) is 11.9. The number of hydrogen-bond donors (Lipinski definition) is 2. The molecule has 19 heavy (non-hydrogen) atoms. The van der Waals surface area contributed by atoms with Crippen molar-refractivity contribution in [2.45, 2.75) is 40.5 Å². The minimum Gasteiger partial charge on any atom is -0.478 e. The Hall–Kier alpha value is -1.65. The third-order valence-corrected chi connectivity index (χ3v) is 4.39. The number of aryl methyl sites for hydroxylation is 1. The summed E-state index contributed by atoms with van der Waals surface area (Å²) in [6.07, 6.45) is 2.39. The number of nitrogens with one attached hydrogen (secondary N) is 1. The average Bonchev–Trinajstić information content (AvgIpc) is 3.11. The molecule has 0 atom stereocenters. The Morgan fingerprint density at radius 3 is 2.47 bits per heavy atom. The van der Waals surface area contributed by atoms with Crippen LogP contribution in [0, 0.1) is 25.2 Å². The van der Waals surface area contributed by atoms with E-state index in [-0.39, 0.29) is 5.56 Å². The molecule has 0 bridgehead atoms. The molecule has 1 fully saturated rings. The second kappa shape index (κ2) is 4.79. The monoisotopic (exact) mass is 263 g/mol. The van der Waals surface area contributed by atoms with Gasteiger partial charge in [0.1, 0.15) is 5.56 Å². The maximum atomic E-state index is 11.4. The first-order chi connectivity index (χ1) is 8.87. The largest absolute Gasteiger partial charge is 0.478 e. The molecule has 0 amide bonds. The smallest absolute Gasteiger partial charge is 0.339 e. The van der Waals surface area contributed by atoms with Gasteiger partial charge in [-0.25, -0.2) is 4.79 Å². The Morgan fingerprint density at radius 2 is 2.00 bits per heavy atom. The Labute approximate surface area is 113 Å². The number of anilines is 1. The fraction of sp³-hybridized carbons (Fsp3) is 0.643. The van der Waals surface area contributed by atoms with E-state index in [9.17, 15) is 9.90 Å². The van der Waals surface area contributed by atoms with Crippen molar-refractivity contribution in [2.24, 2.45) is 11.3 Å². The highest BCUT2D eigenvalue weighted by atomic mass is 16.4. The molecular weight excluding hydrogens is 242 g/mol. The van der Waals surface area contributed by atoms with E-state index in [2.05, 4.69) is 29.4 Å². The van der Waals surface area contributed by atoms with Crippen LogP contribution < -0.4 is 5.32 Å². The van der Waals surface area contributed by atoms with Gasteiger partial charge in [-0.2, -0.15) is 5.10 Å². The Morgan fingerprint density at radius 1 is 1.37 bits per heavy atom. The first-order valence-corrected chi connectivity index (χ1v) is 6.68. The van der Waals surface area contributed by atoms with Crippen LogP contribution in [-0.2, 0) is 0 Å². The van der Waals surface area contributed by atoms with E-state index in [0.717, 1.165) is 6.54 Å². The summed E-state index contributed by atoms with van der Waals surface area (Å²) in [7, 11) is 0. The molecule has 104 valence electrons. The molecule has 0 aliphatic heterocycles. The first-order valence-electron chi connectivity index (χ1n) is 6.68. The normalized spacial score (nSPS) is 16.5. The van der Waals surface area contributed by atoms with Crippen LogP contribution in [0.3, 0.4) is 0 Å². The topological polar surface area (TPSA) is 75.1 Å². The minimum atomic E-state index is -0.951. The standard InChI is InChI=1S/C14H21N3O2/c1-8(2)14(5-6-14)7-15-12-11(13(18)19)9(3)10(4)16-17-12/h8H,5-7H2,1-4H3,(H,15,17)(H,18,19). The molecule has 5 nitrogen and oxygen atoms in total. The van der Waals surface area contributed by atoms with Gasteiger partial charge < -0.3 is 10.4 Å². The molecule has 0 saturated heterocycles. The third kappa shape index (κ3) is 2.55. The predicted molar refractivity (Wildman–Crippen MR) is 73.5 cm³/mol. The van der Waals surface area contributed by atoms with Gasteiger partial charge in [-0.3, -0.25) is 0 Å². The van der Waals surface area contributed by atoms with Crippen molar-refractivity contribution < 1.29 is 9.90 Å². The predicted octanol–water partition coefficient (Wildman–Crippen LogP) is 2.64. The lowest BCUT2D eigenvalue weighted by Gasteiger charge is -2.21. The van der Waals surface area contributed by atoms with E-state index in [1.54, 1.807) is 13.8 Å². The number of hydrogen-bond acceptors (Lipinski definition) is 4. The van der Waals surface area contributed by atoms with Crippen molar-refractivity contribution in [3.63, 3.8) is 0 Å². The molecule has 1 saturated carbocycles. The second-order valence-corrected chi connectivity index (χ2v) is 5.81.